The molecule has 2 aromatic rings. The molecule has 1 heterocycles. The summed E-state index contributed by atoms with van der Waals surface area (Å²) in [6.45, 7) is 1.87. The highest BCUT2D eigenvalue weighted by molar-refractivity contribution is 6.02. The molecule has 0 bridgehead atoms. The van der Waals surface area contributed by atoms with Crippen LogP contribution in [0.25, 0.3) is 0 Å². The molecule has 0 aliphatic carbocycles. The number of amides is 1. The van der Waals surface area contributed by atoms with Crippen LogP contribution in [-0.2, 0) is 38.4 Å². The Hall–Kier alpha value is -3.81. The van der Waals surface area contributed by atoms with Gasteiger partial charge in [-0.25, -0.2) is 4.79 Å². The van der Waals surface area contributed by atoms with Gasteiger partial charge in [-0.1, -0.05) is 42.0 Å². The molecular weight excluding hydrogens is 438 g/mol. The molecule has 1 atom stereocenters. The topological polar surface area (TPSA) is 113 Å². The highest BCUT2D eigenvalue weighted by Gasteiger charge is 2.39. The Kier molecular flexibility index (Phi) is 7.94. The number of phenols is 2. The van der Waals surface area contributed by atoms with Gasteiger partial charge in [0.25, 0.3) is 5.91 Å². The van der Waals surface area contributed by atoms with Crippen molar-refractivity contribution in [2.75, 3.05) is 14.2 Å². The van der Waals surface area contributed by atoms with Gasteiger partial charge in [-0.2, -0.15) is 0 Å². The average molecular weight is 468 g/mol. The molecule has 180 valence electrons. The molecule has 8 heteroatoms. The van der Waals surface area contributed by atoms with E-state index >= 15 is 0 Å². The van der Waals surface area contributed by atoms with Crippen molar-refractivity contribution < 1.29 is 34.1 Å². The molecule has 0 aromatic heterocycles. The summed E-state index contributed by atoms with van der Waals surface area (Å²) >= 11 is 0. The first-order valence-electron chi connectivity index (χ1n) is 11.0. The third-order valence-corrected chi connectivity index (χ3v) is 6.03. The number of allylic oxidation sites excluding steroid dienone is 2. The van der Waals surface area contributed by atoms with Gasteiger partial charge in [-0.05, 0) is 31.4 Å². The lowest BCUT2D eigenvalue weighted by Gasteiger charge is -2.25. The van der Waals surface area contributed by atoms with Crippen molar-refractivity contribution in [3.63, 3.8) is 0 Å². The fourth-order valence-corrected chi connectivity index (χ4v) is 4.02. The monoisotopic (exact) mass is 467 g/mol. The van der Waals surface area contributed by atoms with E-state index < -0.39 is 17.9 Å². The average Bonchev–Trinajstić information content (AvgIpc) is 3.16. The predicted molar refractivity (Wildman–Crippen MR) is 124 cm³/mol. The maximum Gasteiger partial charge on any atom is 0.328 e. The zero-order chi connectivity index (χ0) is 24.8. The Morgan fingerprint density at radius 3 is 2.47 bits per heavy atom. The van der Waals surface area contributed by atoms with Crippen molar-refractivity contribution in [1.82, 2.24) is 4.90 Å². The van der Waals surface area contributed by atoms with Crippen LogP contribution in [0.4, 0.5) is 0 Å². The molecule has 34 heavy (non-hydrogen) atoms. The molecule has 1 aliphatic rings. The molecule has 2 aromatic carbocycles. The number of rotatable bonds is 9. The number of fused-ring (bicyclic) bond motifs is 1. The van der Waals surface area contributed by atoms with Crippen LogP contribution < -0.4 is 0 Å². The fourth-order valence-electron chi connectivity index (χ4n) is 4.02. The SMILES string of the molecule is COC(=O)CC/C(C)=C/Cc1c(O)cc2c(c1O)CN([C@@H](Cc1ccccc1)C(=O)OC)C2=O. The normalized spacial score (nSPS) is 14.0. The third-order valence-electron chi connectivity index (χ3n) is 6.03. The van der Waals surface area contributed by atoms with E-state index in [1.165, 1.54) is 25.2 Å². The maximum atomic E-state index is 13.1. The molecule has 0 saturated heterocycles. The lowest BCUT2D eigenvalue weighted by atomic mass is 9.99. The largest absolute Gasteiger partial charge is 0.507 e. The molecule has 0 radical (unpaired) electrons. The molecule has 0 spiro atoms. The summed E-state index contributed by atoms with van der Waals surface area (Å²) in [7, 11) is 2.60. The van der Waals surface area contributed by atoms with Gasteiger partial charge in [-0.15, -0.1) is 0 Å². The molecule has 8 nitrogen and oxygen atoms in total. The Bertz CT molecular complexity index is 1110. The third kappa shape index (κ3) is 5.39. The molecule has 3 rings (SSSR count). The Balaban J connectivity index is 1.84. The summed E-state index contributed by atoms with van der Waals surface area (Å²) in [5.74, 6) is -1.71. The number of benzene rings is 2. The standard InChI is InChI=1S/C26H29NO7/c1-16(10-12-23(29)33-2)9-11-18-22(28)14-19-20(24(18)30)15-27(25(19)31)21(26(32)34-3)13-17-7-5-4-6-8-17/h4-9,14,21,28,30H,10-13,15H2,1-3H3/b16-9+/t21-/m0/s1. The van der Waals surface area contributed by atoms with Crippen molar-refractivity contribution in [2.45, 2.75) is 45.2 Å². The number of phenolic OH excluding ortho intramolecular Hbond substituents is 2. The van der Waals surface area contributed by atoms with Gasteiger partial charge >= 0.3 is 11.9 Å². The summed E-state index contributed by atoms with van der Waals surface area (Å²) in [6.07, 6.45) is 3.02. The zero-order valence-corrected chi connectivity index (χ0v) is 19.5. The lowest BCUT2D eigenvalue weighted by Crippen LogP contribution is -2.43. The second kappa shape index (κ2) is 10.9. The van der Waals surface area contributed by atoms with Crippen LogP contribution in [0, 0.1) is 0 Å². The first-order valence-corrected chi connectivity index (χ1v) is 11.0. The van der Waals surface area contributed by atoms with Gasteiger partial charge in [0.15, 0.2) is 0 Å². The van der Waals surface area contributed by atoms with Crippen molar-refractivity contribution in [2.24, 2.45) is 0 Å². The second-order valence-electron chi connectivity index (χ2n) is 8.24. The predicted octanol–water partition coefficient (Wildman–Crippen LogP) is 3.28. The summed E-state index contributed by atoms with van der Waals surface area (Å²) in [5, 5.41) is 21.4. The van der Waals surface area contributed by atoms with E-state index in [9.17, 15) is 24.6 Å². The van der Waals surface area contributed by atoms with Crippen molar-refractivity contribution >= 4 is 17.8 Å². The van der Waals surface area contributed by atoms with Crippen LogP contribution in [0.1, 0.15) is 46.8 Å². The van der Waals surface area contributed by atoms with Gasteiger partial charge in [0, 0.05) is 24.0 Å². The van der Waals surface area contributed by atoms with Crippen LogP contribution >= 0.6 is 0 Å². The highest BCUT2D eigenvalue weighted by Crippen LogP contribution is 2.40. The van der Waals surface area contributed by atoms with Crippen LogP contribution in [0.15, 0.2) is 48.0 Å². The van der Waals surface area contributed by atoms with Crippen molar-refractivity contribution in [1.29, 1.82) is 0 Å². The number of carbonyl (C=O) groups excluding carboxylic acids is 3. The number of esters is 2. The minimum absolute atomic E-state index is 0.0188. The van der Waals surface area contributed by atoms with Crippen LogP contribution in [0.3, 0.4) is 0 Å². The Morgan fingerprint density at radius 2 is 1.82 bits per heavy atom. The van der Waals surface area contributed by atoms with Gasteiger partial charge < -0.3 is 24.6 Å². The number of aromatic hydroxyl groups is 2. The van der Waals surface area contributed by atoms with Gasteiger partial charge in [0.05, 0.1) is 26.3 Å². The van der Waals surface area contributed by atoms with Crippen LogP contribution in [0.2, 0.25) is 0 Å². The lowest BCUT2D eigenvalue weighted by molar-refractivity contribution is -0.146. The molecule has 1 aliphatic heterocycles. The molecule has 0 fully saturated rings. The van der Waals surface area contributed by atoms with E-state index in [1.807, 2.05) is 43.3 Å². The van der Waals surface area contributed by atoms with Gasteiger partial charge in [-0.3, -0.25) is 9.59 Å². The number of carbonyl (C=O) groups is 3. The minimum Gasteiger partial charge on any atom is -0.507 e. The Morgan fingerprint density at radius 1 is 1.12 bits per heavy atom. The highest BCUT2D eigenvalue weighted by atomic mass is 16.5. The van der Waals surface area contributed by atoms with Gasteiger partial charge in [0.2, 0.25) is 0 Å². The van der Waals surface area contributed by atoms with E-state index in [2.05, 4.69) is 4.74 Å². The first-order chi connectivity index (χ1) is 16.3. The van der Waals surface area contributed by atoms with E-state index in [0.717, 1.165) is 11.1 Å². The van der Waals surface area contributed by atoms with E-state index in [0.29, 0.717) is 12.0 Å². The van der Waals surface area contributed by atoms with Crippen LogP contribution in [-0.4, -0.2) is 53.2 Å². The zero-order valence-electron chi connectivity index (χ0n) is 19.5. The number of hydrogen-bond donors (Lipinski definition) is 2. The van der Waals surface area contributed by atoms with E-state index in [4.69, 9.17) is 4.74 Å². The smallest absolute Gasteiger partial charge is 0.328 e. The summed E-state index contributed by atoms with van der Waals surface area (Å²) in [4.78, 5) is 38.4. The van der Waals surface area contributed by atoms with E-state index in [-0.39, 0.29) is 54.4 Å². The molecule has 0 saturated carbocycles. The molecular formula is C26H29NO7. The van der Waals surface area contributed by atoms with Crippen molar-refractivity contribution in [3.05, 3.63) is 70.3 Å². The molecule has 1 amide bonds. The Labute approximate surface area is 198 Å². The van der Waals surface area contributed by atoms with Gasteiger partial charge in [0.1, 0.15) is 17.5 Å². The number of methoxy groups -OCH3 is 2. The molecule has 0 unspecified atom stereocenters. The van der Waals surface area contributed by atoms with E-state index in [1.54, 1.807) is 0 Å². The summed E-state index contributed by atoms with van der Waals surface area (Å²) in [6, 6.07) is 9.74. The van der Waals surface area contributed by atoms with Crippen LogP contribution in [0.5, 0.6) is 11.5 Å². The summed E-state index contributed by atoms with van der Waals surface area (Å²) in [5.41, 5.74) is 2.56. The number of nitrogens with zero attached hydrogens (tertiary/aromatic N) is 1. The minimum atomic E-state index is -0.877. The first kappa shape index (κ1) is 24.8. The molecule has 2 N–H and O–H groups in total. The number of hydrogen-bond acceptors (Lipinski definition) is 7. The quantitative estimate of drug-likeness (QED) is 0.430. The second-order valence-corrected chi connectivity index (χ2v) is 8.24. The summed E-state index contributed by atoms with van der Waals surface area (Å²) < 4.78 is 9.59. The maximum absolute atomic E-state index is 13.1. The fraction of sp³-hybridized carbons (Fsp3) is 0.346. The number of ether oxygens (including phenoxy) is 2. The van der Waals surface area contributed by atoms with Crippen molar-refractivity contribution in [3.8, 4) is 11.5 Å².